The summed E-state index contributed by atoms with van der Waals surface area (Å²) < 4.78 is 0. The van der Waals surface area contributed by atoms with Crippen LogP contribution in [0.5, 0.6) is 0 Å². The van der Waals surface area contributed by atoms with Crippen LogP contribution in [-0.2, 0) is 0 Å². The van der Waals surface area contributed by atoms with E-state index in [4.69, 9.17) is 5.73 Å². The average Bonchev–Trinajstić information content (AvgIpc) is 2.39. The molecule has 2 nitrogen and oxygen atoms in total. The molecule has 3 N–H and O–H groups in total. The van der Waals surface area contributed by atoms with E-state index in [1.54, 1.807) is 0 Å². The van der Waals surface area contributed by atoms with Crippen molar-refractivity contribution < 1.29 is 0 Å². The molecule has 0 aliphatic carbocycles. The monoisotopic (exact) mass is 156 g/mol. The summed E-state index contributed by atoms with van der Waals surface area (Å²) in [4.78, 5) is 0. The number of nitrogens with one attached hydrogen (secondary N) is 1. The fourth-order valence-corrected chi connectivity index (χ4v) is 1.68. The second kappa shape index (κ2) is 3.55. The highest BCUT2D eigenvalue weighted by Gasteiger charge is 2.23. The van der Waals surface area contributed by atoms with Crippen LogP contribution >= 0.6 is 0 Å². The number of rotatable bonds is 3. The van der Waals surface area contributed by atoms with E-state index in [-0.39, 0.29) is 0 Å². The lowest BCUT2D eigenvalue weighted by Crippen LogP contribution is -2.32. The van der Waals surface area contributed by atoms with Crippen molar-refractivity contribution in [1.29, 1.82) is 0 Å². The molecule has 0 radical (unpaired) electrons. The Bertz CT molecular complexity index is 115. The zero-order chi connectivity index (χ0) is 8.32. The van der Waals surface area contributed by atoms with Crippen LogP contribution in [0.4, 0.5) is 0 Å². The first-order valence-electron chi connectivity index (χ1n) is 4.57. The van der Waals surface area contributed by atoms with Crippen molar-refractivity contribution >= 4 is 0 Å². The predicted octanol–water partition coefficient (Wildman–Crippen LogP) is 1.11. The summed E-state index contributed by atoms with van der Waals surface area (Å²) >= 11 is 0. The van der Waals surface area contributed by atoms with Gasteiger partial charge < -0.3 is 11.1 Å². The Morgan fingerprint density at radius 3 is 2.73 bits per heavy atom. The lowest BCUT2D eigenvalue weighted by molar-refractivity contribution is 0.303. The molecular weight excluding hydrogens is 136 g/mol. The molecule has 1 heterocycles. The van der Waals surface area contributed by atoms with Gasteiger partial charge in [0.25, 0.3) is 0 Å². The molecule has 1 aliphatic rings. The lowest BCUT2D eigenvalue weighted by atomic mass is 9.85. The van der Waals surface area contributed by atoms with Crippen molar-refractivity contribution in [2.45, 2.75) is 39.2 Å². The van der Waals surface area contributed by atoms with E-state index in [1.807, 2.05) is 0 Å². The first-order chi connectivity index (χ1) is 5.14. The molecule has 0 saturated carbocycles. The van der Waals surface area contributed by atoms with E-state index in [0.29, 0.717) is 5.41 Å². The molecule has 66 valence electrons. The fraction of sp³-hybridized carbons (Fsp3) is 1.00. The van der Waals surface area contributed by atoms with Gasteiger partial charge in [-0.3, -0.25) is 0 Å². The van der Waals surface area contributed by atoms with E-state index >= 15 is 0 Å². The van der Waals surface area contributed by atoms with Gasteiger partial charge in [-0.05, 0) is 37.8 Å². The van der Waals surface area contributed by atoms with Crippen LogP contribution in [0.1, 0.15) is 33.1 Å². The molecule has 0 spiro atoms. The fourth-order valence-electron chi connectivity index (χ4n) is 1.68. The molecule has 0 aromatic carbocycles. The Balaban J connectivity index is 2.28. The minimum absolute atomic E-state index is 0.321. The van der Waals surface area contributed by atoms with Crippen molar-refractivity contribution in [2.75, 3.05) is 13.1 Å². The predicted molar refractivity (Wildman–Crippen MR) is 48.5 cm³/mol. The van der Waals surface area contributed by atoms with Crippen LogP contribution in [0, 0.1) is 5.41 Å². The Kier molecular flexibility index (Phi) is 2.90. The maximum Gasteiger partial charge on any atom is 0.00730 e. The van der Waals surface area contributed by atoms with Gasteiger partial charge in [0.2, 0.25) is 0 Å². The minimum atomic E-state index is 0.321. The van der Waals surface area contributed by atoms with Gasteiger partial charge in [0.1, 0.15) is 0 Å². The highest BCUT2D eigenvalue weighted by molar-refractivity contribution is 4.81. The van der Waals surface area contributed by atoms with Gasteiger partial charge in [-0.1, -0.05) is 13.8 Å². The average molecular weight is 156 g/mol. The normalized spacial score (nSPS) is 25.9. The molecule has 0 aromatic heterocycles. The molecule has 1 saturated heterocycles. The summed E-state index contributed by atoms with van der Waals surface area (Å²) in [5.41, 5.74) is 5.98. The van der Waals surface area contributed by atoms with Gasteiger partial charge in [0.05, 0.1) is 0 Å². The molecule has 11 heavy (non-hydrogen) atoms. The summed E-state index contributed by atoms with van der Waals surface area (Å²) in [5.74, 6) is 0. The summed E-state index contributed by atoms with van der Waals surface area (Å²) in [6.07, 6.45) is 3.90. The van der Waals surface area contributed by atoms with Gasteiger partial charge in [-0.2, -0.15) is 0 Å². The Labute approximate surface area is 69.5 Å². The van der Waals surface area contributed by atoms with Crippen LogP contribution in [0.25, 0.3) is 0 Å². The van der Waals surface area contributed by atoms with E-state index < -0.39 is 0 Å². The van der Waals surface area contributed by atoms with Crippen molar-refractivity contribution in [3.8, 4) is 0 Å². The molecule has 1 atom stereocenters. The first kappa shape index (κ1) is 9.01. The zero-order valence-electron chi connectivity index (χ0n) is 7.69. The Hall–Kier alpha value is -0.0800. The van der Waals surface area contributed by atoms with Crippen molar-refractivity contribution in [2.24, 2.45) is 11.1 Å². The van der Waals surface area contributed by atoms with E-state index in [1.165, 1.54) is 25.8 Å². The summed E-state index contributed by atoms with van der Waals surface area (Å²) in [7, 11) is 0. The quantitative estimate of drug-likeness (QED) is 0.642. The van der Waals surface area contributed by atoms with E-state index in [2.05, 4.69) is 19.2 Å². The molecule has 0 amide bonds. The van der Waals surface area contributed by atoms with E-state index in [0.717, 1.165) is 12.6 Å². The lowest BCUT2D eigenvalue weighted by Gasteiger charge is -2.25. The number of nitrogens with two attached hydrogens (primary N) is 1. The third kappa shape index (κ3) is 2.80. The molecule has 1 fully saturated rings. The van der Waals surface area contributed by atoms with Gasteiger partial charge in [0, 0.05) is 6.04 Å². The molecule has 1 rings (SSSR count). The van der Waals surface area contributed by atoms with Crippen LogP contribution in [-0.4, -0.2) is 19.1 Å². The third-order valence-electron chi connectivity index (χ3n) is 2.51. The van der Waals surface area contributed by atoms with Gasteiger partial charge >= 0.3 is 0 Å². The smallest absolute Gasteiger partial charge is 0.00730 e. The second-order valence-electron chi connectivity index (χ2n) is 4.37. The Morgan fingerprint density at radius 2 is 2.27 bits per heavy atom. The topological polar surface area (TPSA) is 38.0 Å². The SMILES string of the molecule is CC(C)(CN)CC1CCCN1. The summed E-state index contributed by atoms with van der Waals surface area (Å²) in [5, 5.41) is 3.49. The first-order valence-corrected chi connectivity index (χ1v) is 4.57. The molecule has 2 heteroatoms. The molecule has 0 aromatic rings. The number of hydrogen-bond acceptors (Lipinski definition) is 2. The van der Waals surface area contributed by atoms with Crippen LogP contribution < -0.4 is 11.1 Å². The van der Waals surface area contributed by atoms with Crippen LogP contribution in [0.3, 0.4) is 0 Å². The van der Waals surface area contributed by atoms with Gasteiger partial charge in [-0.15, -0.1) is 0 Å². The maximum atomic E-state index is 5.66. The highest BCUT2D eigenvalue weighted by Crippen LogP contribution is 2.24. The van der Waals surface area contributed by atoms with Crippen molar-refractivity contribution in [3.05, 3.63) is 0 Å². The zero-order valence-corrected chi connectivity index (χ0v) is 7.69. The van der Waals surface area contributed by atoms with Gasteiger partial charge in [0.15, 0.2) is 0 Å². The number of hydrogen-bond donors (Lipinski definition) is 2. The van der Waals surface area contributed by atoms with Crippen LogP contribution in [0.15, 0.2) is 0 Å². The highest BCUT2D eigenvalue weighted by atomic mass is 14.9. The minimum Gasteiger partial charge on any atom is -0.330 e. The van der Waals surface area contributed by atoms with Crippen molar-refractivity contribution in [3.63, 3.8) is 0 Å². The molecule has 1 unspecified atom stereocenters. The van der Waals surface area contributed by atoms with Crippen molar-refractivity contribution in [1.82, 2.24) is 5.32 Å². The largest absolute Gasteiger partial charge is 0.330 e. The maximum absolute atomic E-state index is 5.66. The van der Waals surface area contributed by atoms with E-state index in [9.17, 15) is 0 Å². The Morgan fingerprint density at radius 1 is 1.55 bits per heavy atom. The summed E-state index contributed by atoms with van der Waals surface area (Å²) in [6, 6.07) is 0.730. The van der Waals surface area contributed by atoms with Gasteiger partial charge in [-0.25, -0.2) is 0 Å². The molecule has 0 bridgehead atoms. The second-order valence-corrected chi connectivity index (χ2v) is 4.37. The molecular formula is C9H20N2. The molecule has 1 aliphatic heterocycles. The standard InChI is InChI=1S/C9H20N2/c1-9(2,7-10)6-8-4-3-5-11-8/h8,11H,3-7,10H2,1-2H3. The van der Waals surface area contributed by atoms with Crippen LogP contribution in [0.2, 0.25) is 0 Å². The third-order valence-corrected chi connectivity index (χ3v) is 2.51. The summed E-state index contributed by atoms with van der Waals surface area (Å²) in [6.45, 7) is 6.48.